The van der Waals surface area contributed by atoms with Gasteiger partial charge in [-0.05, 0) is 19.4 Å². The van der Waals surface area contributed by atoms with Gasteiger partial charge in [-0.15, -0.1) is 0 Å². The molecule has 0 amide bonds. The normalized spacial score (nSPS) is 15.9. The predicted octanol–water partition coefficient (Wildman–Crippen LogP) is 0.723. The summed E-state index contributed by atoms with van der Waals surface area (Å²) in [5, 5.41) is 9.11. The van der Waals surface area contributed by atoms with Gasteiger partial charge in [0.25, 0.3) is 0 Å². The van der Waals surface area contributed by atoms with Crippen molar-refractivity contribution in [3.63, 3.8) is 0 Å². The van der Waals surface area contributed by atoms with Crippen LogP contribution in [0.25, 0.3) is 0 Å². The van der Waals surface area contributed by atoms with E-state index in [1.165, 1.54) is 12.4 Å². The lowest BCUT2D eigenvalue weighted by Gasteiger charge is -2.27. The molecule has 2 rings (SSSR count). The molecule has 1 fully saturated rings. The maximum absolute atomic E-state index is 11.1. The highest BCUT2D eigenvalue weighted by Gasteiger charge is 2.16. The van der Waals surface area contributed by atoms with Crippen LogP contribution in [0, 0.1) is 0 Å². The zero-order chi connectivity index (χ0) is 15.1. The highest BCUT2D eigenvalue weighted by molar-refractivity contribution is 5.90. The fourth-order valence-electron chi connectivity index (χ4n) is 2.38. The molecule has 7 heteroatoms. The molecule has 0 aromatic carbocycles. The van der Waals surface area contributed by atoms with Crippen molar-refractivity contribution in [2.75, 3.05) is 51.3 Å². The molecule has 1 aliphatic heterocycles. The molecule has 0 aliphatic carbocycles. The second-order valence-corrected chi connectivity index (χ2v) is 5.12. The Balaban J connectivity index is 1.76. The van der Waals surface area contributed by atoms with Gasteiger partial charge in [0.05, 0.1) is 13.2 Å². The minimum atomic E-state index is -1.04. The first-order valence-electron chi connectivity index (χ1n) is 7.24. The summed E-state index contributed by atoms with van der Waals surface area (Å²) in [6, 6.07) is 0. The van der Waals surface area contributed by atoms with E-state index >= 15 is 0 Å². The summed E-state index contributed by atoms with van der Waals surface area (Å²) in [7, 11) is 1.85. The predicted molar refractivity (Wildman–Crippen MR) is 78.8 cm³/mol. The topological polar surface area (TPSA) is 78.8 Å². The fourth-order valence-corrected chi connectivity index (χ4v) is 2.38. The quantitative estimate of drug-likeness (QED) is 0.742. The van der Waals surface area contributed by atoms with Crippen molar-refractivity contribution >= 4 is 11.8 Å². The number of carboxylic acids is 1. The van der Waals surface area contributed by atoms with Crippen molar-refractivity contribution in [1.82, 2.24) is 14.9 Å². The third-order valence-electron chi connectivity index (χ3n) is 3.56. The number of carbonyl (C=O) groups is 1. The lowest BCUT2D eigenvalue weighted by atomic mass is 10.2. The van der Waals surface area contributed by atoms with Crippen LogP contribution in [-0.2, 0) is 4.74 Å². The number of unbranched alkanes of at least 4 members (excludes halogenated alkanes) is 1. The van der Waals surface area contributed by atoms with Gasteiger partial charge in [-0.3, -0.25) is 4.90 Å². The van der Waals surface area contributed by atoms with E-state index < -0.39 is 5.97 Å². The Kier molecular flexibility index (Phi) is 5.89. The number of ether oxygens (including phenoxy) is 1. The van der Waals surface area contributed by atoms with Crippen molar-refractivity contribution < 1.29 is 14.6 Å². The van der Waals surface area contributed by atoms with Gasteiger partial charge >= 0.3 is 5.97 Å². The van der Waals surface area contributed by atoms with Crippen molar-refractivity contribution in [1.29, 1.82) is 0 Å². The number of anilines is 1. The first kappa shape index (κ1) is 15.7. The summed E-state index contributed by atoms with van der Waals surface area (Å²) < 4.78 is 5.32. The maximum atomic E-state index is 11.1. The molecule has 0 radical (unpaired) electrons. The van der Waals surface area contributed by atoms with E-state index in [1.807, 2.05) is 11.9 Å². The lowest BCUT2D eigenvalue weighted by molar-refractivity contribution is 0.0372. The zero-order valence-corrected chi connectivity index (χ0v) is 12.4. The molecule has 1 aromatic heterocycles. The molecule has 0 spiro atoms. The number of hydrogen-bond donors (Lipinski definition) is 1. The van der Waals surface area contributed by atoms with E-state index in [1.54, 1.807) is 0 Å². The molecule has 0 bridgehead atoms. The van der Waals surface area contributed by atoms with Gasteiger partial charge in [-0.2, -0.15) is 0 Å². The van der Waals surface area contributed by atoms with Crippen LogP contribution in [0.5, 0.6) is 0 Å². The molecule has 0 saturated carbocycles. The van der Waals surface area contributed by atoms with Crippen LogP contribution in [0.4, 0.5) is 5.82 Å². The first-order valence-corrected chi connectivity index (χ1v) is 7.24. The molecule has 1 N–H and O–H groups in total. The van der Waals surface area contributed by atoms with Crippen molar-refractivity contribution in [2.24, 2.45) is 0 Å². The minimum absolute atomic E-state index is 0.00757. The Morgan fingerprint density at radius 1 is 1.33 bits per heavy atom. The summed E-state index contributed by atoms with van der Waals surface area (Å²) in [6.45, 7) is 5.47. The van der Waals surface area contributed by atoms with Gasteiger partial charge < -0.3 is 14.7 Å². The Labute approximate surface area is 124 Å². The van der Waals surface area contributed by atoms with E-state index in [2.05, 4.69) is 14.9 Å². The third kappa shape index (κ3) is 4.64. The summed E-state index contributed by atoms with van der Waals surface area (Å²) in [5.41, 5.74) is 0.00757. The van der Waals surface area contributed by atoms with Gasteiger partial charge in [0, 0.05) is 39.1 Å². The standard InChI is InChI=1S/C14H22N4O3/c1-17(13-12(14(19)20)15-4-5-16-13)6-2-3-7-18-8-10-21-11-9-18/h4-5H,2-3,6-11H2,1H3,(H,19,20). The van der Waals surface area contributed by atoms with Crippen LogP contribution in [0.1, 0.15) is 23.3 Å². The number of carboxylic acid groups (broad SMARTS) is 1. The Bertz CT molecular complexity index is 463. The molecule has 1 aliphatic rings. The largest absolute Gasteiger partial charge is 0.476 e. The van der Waals surface area contributed by atoms with Crippen LogP contribution >= 0.6 is 0 Å². The summed E-state index contributed by atoms with van der Waals surface area (Å²) in [5.74, 6) is -0.616. The van der Waals surface area contributed by atoms with E-state index in [4.69, 9.17) is 9.84 Å². The Morgan fingerprint density at radius 3 is 2.76 bits per heavy atom. The number of aromatic nitrogens is 2. The van der Waals surface area contributed by atoms with Crippen LogP contribution in [0.2, 0.25) is 0 Å². The fraction of sp³-hybridized carbons (Fsp3) is 0.643. The number of rotatable bonds is 7. The average Bonchev–Trinajstić information content (AvgIpc) is 2.52. The molecule has 1 aromatic rings. The molecule has 0 atom stereocenters. The highest BCUT2D eigenvalue weighted by Crippen LogP contribution is 2.13. The second kappa shape index (κ2) is 7.90. The lowest BCUT2D eigenvalue weighted by Crippen LogP contribution is -2.37. The molecule has 21 heavy (non-hydrogen) atoms. The van der Waals surface area contributed by atoms with Crippen LogP contribution in [-0.4, -0.2) is 72.4 Å². The number of nitrogens with zero attached hydrogens (tertiary/aromatic N) is 4. The molecule has 2 heterocycles. The molecular weight excluding hydrogens is 272 g/mol. The average molecular weight is 294 g/mol. The number of morpholine rings is 1. The van der Waals surface area contributed by atoms with Gasteiger partial charge in [-0.25, -0.2) is 14.8 Å². The van der Waals surface area contributed by atoms with Gasteiger partial charge in [0.15, 0.2) is 11.5 Å². The van der Waals surface area contributed by atoms with Crippen LogP contribution in [0.15, 0.2) is 12.4 Å². The van der Waals surface area contributed by atoms with Crippen LogP contribution < -0.4 is 4.90 Å². The summed E-state index contributed by atoms with van der Waals surface area (Å²) in [6.07, 6.45) is 4.99. The molecule has 0 unspecified atom stereocenters. The highest BCUT2D eigenvalue weighted by atomic mass is 16.5. The molecular formula is C14H22N4O3. The SMILES string of the molecule is CN(CCCCN1CCOCC1)c1nccnc1C(=O)O. The van der Waals surface area contributed by atoms with E-state index in [0.717, 1.165) is 52.2 Å². The first-order chi connectivity index (χ1) is 10.2. The monoisotopic (exact) mass is 294 g/mol. The third-order valence-corrected chi connectivity index (χ3v) is 3.56. The number of aromatic carboxylic acids is 1. The minimum Gasteiger partial charge on any atom is -0.476 e. The molecule has 7 nitrogen and oxygen atoms in total. The van der Waals surface area contributed by atoms with Crippen LogP contribution in [0.3, 0.4) is 0 Å². The van der Waals surface area contributed by atoms with E-state index in [0.29, 0.717) is 5.82 Å². The van der Waals surface area contributed by atoms with Gasteiger partial charge in [-0.1, -0.05) is 0 Å². The second-order valence-electron chi connectivity index (χ2n) is 5.12. The molecule has 116 valence electrons. The number of hydrogen-bond acceptors (Lipinski definition) is 6. The Morgan fingerprint density at radius 2 is 2.05 bits per heavy atom. The summed E-state index contributed by atoms with van der Waals surface area (Å²) in [4.78, 5) is 23.4. The van der Waals surface area contributed by atoms with Crippen molar-refractivity contribution in [2.45, 2.75) is 12.8 Å². The maximum Gasteiger partial charge on any atom is 0.358 e. The van der Waals surface area contributed by atoms with Gasteiger partial charge in [0.2, 0.25) is 0 Å². The van der Waals surface area contributed by atoms with Gasteiger partial charge in [0.1, 0.15) is 0 Å². The van der Waals surface area contributed by atoms with Crippen molar-refractivity contribution in [3.05, 3.63) is 18.1 Å². The smallest absolute Gasteiger partial charge is 0.358 e. The summed E-state index contributed by atoms with van der Waals surface area (Å²) >= 11 is 0. The molecule has 1 saturated heterocycles. The Hall–Kier alpha value is -1.73. The van der Waals surface area contributed by atoms with Crippen molar-refractivity contribution in [3.8, 4) is 0 Å². The van der Waals surface area contributed by atoms with E-state index in [9.17, 15) is 4.79 Å². The van der Waals surface area contributed by atoms with E-state index in [-0.39, 0.29) is 5.69 Å². The zero-order valence-electron chi connectivity index (χ0n) is 12.4.